The lowest BCUT2D eigenvalue weighted by molar-refractivity contribution is 0.102. The van der Waals surface area contributed by atoms with Gasteiger partial charge in [-0.2, -0.15) is 8.42 Å². The van der Waals surface area contributed by atoms with E-state index in [-0.39, 0.29) is 16.6 Å². The topological polar surface area (TPSA) is 81.7 Å². The molecule has 30 heavy (non-hydrogen) atoms. The largest absolute Gasteiger partial charge is 0.497 e. The Balaban J connectivity index is 1.81. The van der Waals surface area contributed by atoms with E-state index in [1.165, 1.54) is 19.2 Å². The molecule has 0 radical (unpaired) electrons. The molecule has 0 aromatic heterocycles. The maximum atomic E-state index is 12.6. The first-order valence-corrected chi connectivity index (χ1v) is 10.7. The van der Waals surface area contributed by atoms with Crippen molar-refractivity contribution in [2.24, 2.45) is 0 Å². The van der Waals surface area contributed by atoms with E-state index in [0.717, 1.165) is 5.56 Å². The molecule has 3 rings (SSSR count). The monoisotopic (exact) mass is 425 g/mol. The molecule has 0 fully saturated rings. The molecular formula is C23H23NO5S. The standard InChI is InChI=1S/C23H23NO5S/c1-15-5-7-18(8-6-15)23(25)24-19-13-16(2)22(17(3)14-19)29-30(26,27)21-11-9-20(28-4)10-12-21/h5-14H,1-4H3,(H,24,25). The summed E-state index contributed by atoms with van der Waals surface area (Å²) < 4.78 is 35.7. The molecule has 1 amide bonds. The zero-order valence-corrected chi connectivity index (χ0v) is 18.0. The summed E-state index contributed by atoms with van der Waals surface area (Å²) in [5, 5.41) is 2.84. The third-order valence-electron chi connectivity index (χ3n) is 4.57. The average Bonchev–Trinajstić information content (AvgIpc) is 2.71. The summed E-state index contributed by atoms with van der Waals surface area (Å²) in [6.07, 6.45) is 0. The molecule has 0 bridgehead atoms. The third-order valence-corrected chi connectivity index (χ3v) is 5.81. The Morgan fingerprint density at radius 2 is 1.43 bits per heavy atom. The minimum Gasteiger partial charge on any atom is -0.497 e. The van der Waals surface area contributed by atoms with Crippen LogP contribution in [-0.2, 0) is 10.1 Å². The molecule has 0 aliphatic carbocycles. The molecule has 0 spiro atoms. The fourth-order valence-corrected chi connectivity index (χ4v) is 4.01. The van der Waals surface area contributed by atoms with Crippen molar-refractivity contribution in [3.8, 4) is 11.5 Å². The van der Waals surface area contributed by atoms with Crippen molar-refractivity contribution >= 4 is 21.7 Å². The van der Waals surface area contributed by atoms with E-state index < -0.39 is 10.1 Å². The van der Waals surface area contributed by atoms with Crippen LogP contribution in [0, 0.1) is 20.8 Å². The van der Waals surface area contributed by atoms with Crippen LogP contribution >= 0.6 is 0 Å². The lowest BCUT2D eigenvalue weighted by Gasteiger charge is -2.15. The number of anilines is 1. The smallest absolute Gasteiger partial charge is 0.339 e. The van der Waals surface area contributed by atoms with E-state index in [1.807, 2.05) is 19.1 Å². The van der Waals surface area contributed by atoms with Gasteiger partial charge in [0.15, 0.2) is 0 Å². The average molecular weight is 426 g/mol. The summed E-state index contributed by atoms with van der Waals surface area (Å²) >= 11 is 0. The van der Waals surface area contributed by atoms with Gasteiger partial charge in [0.05, 0.1) is 7.11 Å². The highest BCUT2D eigenvalue weighted by atomic mass is 32.2. The lowest BCUT2D eigenvalue weighted by atomic mass is 10.1. The van der Waals surface area contributed by atoms with Gasteiger partial charge in [-0.15, -0.1) is 0 Å². The van der Waals surface area contributed by atoms with Gasteiger partial charge in [0.1, 0.15) is 16.4 Å². The molecule has 0 saturated heterocycles. The highest BCUT2D eigenvalue weighted by molar-refractivity contribution is 7.87. The molecule has 6 nitrogen and oxygen atoms in total. The van der Waals surface area contributed by atoms with Crippen LogP contribution < -0.4 is 14.2 Å². The minimum atomic E-state index is -4.01. The Labute approximate surface area is 176 Å². The number of nitrogens with one attached hydrogen (secondary N) is 1. The van der Waals surface area contributed by atoms with E-state index in [0.29, 0.717) is 28.1 Å². The van der Waals surface area contributed by atoms with Crippen LogP contribution in [0.5, 0.6) is 11.5 Å². The lowest BCUT2D eigenvalue weighted by Crippen LogP contribution is -2.14. The summed E-state index contributed by atoms with van der Waals surface area (Å²) in [5.74, 6) is 0.544. The van der Waals surface area contributed by atoms with Gasteiger partial charge in [-0.1, -0.05) is 17.7 Å². The molecule has 0 atom stereocenters. The van der Waals surface area contributed by atoms with Gasteiger partial charge in [-0.3, -0.25) is 4.79 Å². The molecule has 0 saturated carbocycles. The maximum absolute atomic E-state index is 12.6. The van der Waals surface area contributed by atoms with Crippen LogP contribution in [0.4, 0.5) is 5.69 Å². The zero-order chi connectivity index (χ0) is 21.9. The van der Waals surface area contributed by atoms with Crippen molar-refractivity contribution in [2.75, 3.05) is 12.4 Å². The van der Waals surface area contributed by atoms with Crippen LogP contribution in [0.2, 0.25) is 0 Å². The molecule has 1 N–H and O–H groups in total. The molecular weight excluding hydrogens is 402 g/mol. The number of amides is 1. The second-order valence-corrected chi connectivity index (χ2v) is 8.52. The molecule has 156 valence electrons. The predicted molar refractivity (Wildman–Crippen MR) is 116 cm³/mol. The first kappa shape index (κ1) is 21.4. The first-order valence-electron chi connectivity index (χ1n) is 9.27. The predicted octanol–water partition coefficient (Wildman–Crippen LogP) is 4.64. The molecule has 3 aromatic rings. The van der Waals surface area contributed by atoms with E-state index >= 15 is 0 Å². The second-order valence-electron chi connectivity index (χ2n) is 6.97. The first-order chi connectivity index (χ1) is 14.2. The summed E-state index contributed by atoms with van der Waals surface area (Å²) in [6.45, 7) is 5.41. The van der Waals surface area contributed by atoms with Gasteiger partial charge in [-0.25, -0.2) is 0 Å². The van der Waals surface area contributed by atoms with Gasteiger partial charge in [-0.05, 0) is 80.4 Å². The van der Waals surface area contributed by atoms with E-state index in [9.17, 15) is 13.2 Å². The minimum absolute atomic E-state index is 0.0267. The number of rotatable bonds is 6. The van der Waals surface area contributed by atoms with Crippen LogP contribution in [-0.4, -0.2) is 21.4 Å². The normalized spacial score (nSPS) is 11.1. The molecule has 0 aliphatic rings. The van der Waals surface area contributed by atoms with Crippen LogP contribution in [0.3, 0.4) is 0 Å². The van der Waals surface area contributed by atoms with E-state index in [1.54, 1.807) is 50.2 Å². The number of carbonyl (C=O) groups is 1. The molecule has 0 aliphatic heterocycles. The van der Waals surface area contributed by atoms with Gasteiger partial charge in [0.2, 0.25) is 0 Å². The molecule has 0 unspecified atom stereocenters. The van der Waals surface area contributed by atoms with Gasteiger partial charge in [0.25, 0.3) is 5.91 Å². The van der Waals surface area contributed by atoms with Crippen molar-refractivity contribution < 1.29 is 22.1 Å². The van der Waals surface area contributed by atoms with Crippen LogP contribution in [0.15, 0.2) is 65.6 Å². The van der Waals surface area contributed by atoms with Crippen LogP contribution in [0.25, 0.3) is 0 Å². The molecule has 3 aromatic carbocycles. The number of hydrogen-bond acceptors (Lipinski definition) is 5. The van der Waals surface area contributed by atoms with E-state index in [4.69, 9.17) is 8.92 Å². The van der Waals surface area contributed by atoms with Crippen molar-refractivity contribution in [3.63, 3.8) is 0 Å². The van der Waals surface area contributed by atoms with Crippen molar-refractivity contribution in [1.82, 2.24) is 0 Å². The Bertz CT molecular complexity index is 1140. The van der Waals surface area contributed by atoms with Gasteiger partial charge >= 0.3 is 10.1 Å². The Kier molecular flexibility index (Phi) is 6.12. The highest BCUT2D eigenvalue weighted by Crippen LogP contribution is 2.30. The summed E-state index contributed by atoms with van der Waals surface area (Å²) in [4.78, 5) is 12.5. The quantitative estimate of drug-likeness (QED) is 0.582. The number of benzene rings is 3. The van der Waals surface area contributed by atoms with Gasteiger partial charge in [0, 0.05) is 11.3 Å². The fourth-order valence-electron chi connectivity index (χ4n) is 2.96. The number of aryl methyl sites for hydroxylation is 3. The SMILES string of the molecule is COc1ccc(S(=O)(=O)Oc2c(C)cc(NC(=O)c3ccc(C)cc3)cc2C)cc1. The van der Waals surface area contributed by atoms with Gasteiger partial charge < -0.3 is 14.2 Å². The maximum Gasteiger partial charge on any atom is 0.339 e. The third kappa shape index (κ3) is 4.80. The number of methoxy groups -OCH3 is 1. The zero-order valence-electron chi connectivity index (χ0n) is 17.2. The Hall–Kier alpha value is -3.32. The Morgan fingerprint density at radius 3 is 1.97 bits per heavy atom. The van der Waals surface area contributed by atoms with Crippen molar-refractivity contribution in [2.45, 2.75) is 25.7 Å². The number of carbonyl (C=O) groups excluding carboxylic acids is 1. The number of hydrogen-bond donors (Lipinski definition) is 1. The van der Waals surface area contributed by atoms with Crippen LogP contribution in [0.1, 0.15) is 27.0 Å². The highest BCUT2D eigenvalue weighted by Gasteiger charge is 2.20. The van der Waals surface area contributed by atoms with Crippen molar-refractivity contribution in [3.05, 3.63) is 82.9 Å². The van der Waals surface area contributed by atoms with E-state index in [2.05, 4.69) is 5.32 Å². The fraction of sp³-hybridized carbons (Fsp3) is 0.174. The molecule has 0 heterocycles. The summed E-state index contributed by atoms with van der Waals surface area (Å²) in [5.41, 5.74) is 3.35. The summed E-state index contributed by atoms with van der Waals surface area (Å²) in [7, 11) is -2.50. The number of ether oxygens (including phenoxy) is 1. The van der Waals surface area contributed by atoms with Crippen molar-refractivity contribution in [1.29, 1.82) is 0 Å². The second kappa shape index (κ2) is 8.59. The summed E-state index contributed by atoms with van der Waals surface area (Å²) in [6, 6.07) is 16.6. The molecule has 7 heteroatoms. The Morgan fingerprint density at radius 1 is 0.867 bits per heavy atom.